The van der Waals surface area contributed by atoms with Gasteiger partial charge in [-0.2, -0.15) is 0 Å². The van der Waals surface area contributed by atoms with E-state index in [-0.39, 0.29) is 30.2 Å². The van der Waals surface area contributed by atoms with Crippen LogP contribution in [0, 0.1) is 11.7 Å². The molecular formula is C13H19FN2O. The summed E-state index contributed by atoms with van der Waals surface area (Å²) < 4.78 is 13.4. The van der Waals surface area contributed by atoms with Gasteiger partial charge in [-0.15, -0.1) is 0 Å². The Morgan fingerprint density at radius 1 is 1.41 bits per heavy atom. The van der Waals surface area contributed by atoms with Crippen molar-refractivity contribution in [2.24, 2.45) is 11.7 Å². The summed E-state index contributed by atoms with van der Waals surface area (Å²) >= 11 is 0. The maximum atomic E-state index is 13.4. The van der Waals surface area contributed by atoms with Gasteiger partial charge in [0, 0.05) is 12.6 Å². The van der Waals surface area contributed by atoms with Gasteiger partial charge in [0.15, 0.2) is 0 Å². The Hall–Kier alpha value is -1.42. The minimum atomic E-state index is -0.380. The molecule has 3 N–H and O–H groups in total. The van der Waals surface area contributed by atoms with Gasteiger partial charge >= 0.3 is 0 Å². The largest absolute Gasteiger partial charge is 0.354 e. The first-order chi connectivity index (χ1) is 8.04. The zero-order chi connectivity index (χ0) is 12.8. The van der Waals surface area contributed by atoms with Crippen LogP contribution in [0.3, 0.4) is 0 Å². The summed E-state index contributed by atoms with van der Waals surface area (Å²) in [5, 5.41) is 2.79. The molecule has 0 heterocycles. The number of halogens is 1. The van der Waals surface area contributed by atoms with Crippen molar-refractivity contribution in [1.82, 2.24) is 5.32 Å². The summed E-state index contributed by atoms with van der Waals surface area (Å²) in [6.07, 6.45) is 0.335. The molecule has 0 radical (unpaired) electrons. The zero-order valence-corrected chi connectivity index (χ0v) is 10.2. The molecule has 0 saturated carbocycles. The second kappa shape index (κ2) is 6.35. The van der Waals surface area contributed by atoms with E-state index < -0.39 is 0 Å². The van der Waals surface area contributed by atoms with Crippen LogP contribution < -0.4 is 11.1 Å². The maximum absolute atomic E-state index is 13.4. The van der Waals surface area contributed by atoms with Gasteiger partial charge in [0.1, 0.15) is 5.82 Å². The lowest BCUT2D eigenvalue weighted by Gasteiger charge is -2.17. The van der Waals surface area contributed by atoms with Crippen molar-refractivity contribution in [3.05, 3.63) is 35.6 Å². The van der Waals surface area contributed by atoms with Crippen molar-refractivity contribution in [3.63, 3.8) is 0 Å². The zero-order valence-electron chi connectivity index (χ0n) is 10.2. The summed E-state index contributed by atoms with van der Waals surface area (Å²) in [5.41, 5.74) is 6.09. The van der Waals surface area contributed by atoms with Gasteiger partial charge in [-0.05, 0) is 31.9 Å². The first-order valence-electron chi connectivity index (χ1n) is 5.78. The Morgan fingerprint density at radius 3 is 2.59 bits per heavy atom. The van der Waals surface area contributed by atoms with E-state index in [1.54, 1.807) is 18.2 Å². The normalized spacial score (nSPS) is 12.5. The highest BCUT2D eigenvalue weighted by molar-refractivity contribution is 5.79. The lowest BCUT2D eigenvalue weighted by molar-refractivity contribution is -0.125. The number of carbonyl (C=O) groups excluding carboxylic acids is 1. The summed E-state index contributed by atoms with van der Waals surface area (Å²) in [7, 11) is 0. The molecule has 1 aromatic rings. The predicted octanol–water partition coefficient (Wildman–Crippen LogP) is 1.47. The third-order valence-corrected chi connectivity index (χ3v) is 2.51. The number of nitrogens with one attached hydrogen (secondary N) is 1. The third kappa shape index (κ3) is 4.15. The van der Waals surface area contributed by atoms with E-state index >= 15 is 0 Å². The molecule has 94 valence electrons. The van der Waals surface area contributed by atoms with E-state index in [9.17, 15) is 9.18 Å². The van der Waals surface area contributed by atoms with Gasteiger partial charge in [-0.25, -0.2) is 4.39 Å². The third-order valence-electron chi connectivity index (χ3n) is 2.51. The fraction of sp³-hybridized carbons (Fsp3) is 0.462. The van der Waals surface area contributed by atoms with Crippen LogP contribution in [-0.4, -0.2) is 18.5 Å². The molecule has 0 spiro atoms. The molecule has 0 bridgehead atoms. The van der Waals surface area contributed by atoms with Gasteiger partial charge in [0.25, 0.3) is 0 Å². The molecular weight excluding hydrogens is 219 g/mol. The molecule has 1 atom stereocenters. The summed E-state index contributed by atoms with van der Waals surface area (Å²) in [6, 6.07) is 6.53. The average molecular weight is 238 g/mol. The molecule has 0 aliphatic rings. The number of hydrogen-bond acceptors (Lipinski definition) is 2. The minimum absolute atomic E-state index is 0.0668. The first-order valence-corrected chi connectivity index (χ1v) is 5.78. The number of nitrogens with two attached hydrogens (primary N) is 1. The monoisotopic (exact) mass is 238 g/mol. The van der Waals surface area contributed by atoms with Crippen LogP contribution in [0.4, 0.5) is 4.39 Å². The Balaban J connectivity index is 2.70. The molecule has 1 unspecified atom stereocenters. The molecule has 17 heavy (non-hydrogen) atoms. The van der Waals surface area contributed by atoms with Crippen molar-refractivity contribution >= 4 is 5.91 Å². The van der Waals surface area contributed by atoms with E-state index in [4.69, 9.17) is 5.73 Å². The molecule has 1 amide bonds. The molecule has 0 aliphatic carbocycles. The van der Waals surface area contributed by atoms with Crippen LogP contribution in [0.5, 0.6) is 0 Å². The molecule has 0 aromatic heterocycles. The molecule has 0 saturated heterocycles. The Morgan fingerprint density at radius 2 is 2.06 bits per heavy atom. The van der Waals surface area contributed by atoms with Crippen molar-refractivity contribution in [1.29, 1.82) is 0 Å². The molecule has 3 nitrogen and oxygen atoms in total. The van der Waals surface area contributed by atoms with Gasteiger partial charge in [-0.1, -0.05) is 18.2 Å². The Bertz CT molecular complexity index is 379. The second-order valence-electron chi connectivity index (χ2n) is 4.39. The van der Waals surface area contributed by atoms with E-state index in [2.05, 4.69) is 5.32 Å². The standard InChI is InChI=1S/C13H19FN2O/c1-9(2)16-13(17)11(8-15)7-10-5-3-4-6-12(10)14/h3-6,9,11H,7-8,15H2,1-2H3,(H,16,17). The topological polar surface area (TPSA) is 55.1 Å². The van der Waals surface area contributed by atoms with Gasteiger partial charge < -0.3 is 11.1 Å². The Kier molecular flexibility index (Phi) is 5.10. The number of benzene rings is 1. The van der Waals surface area contributed by atoms with Crippen LogP contribution in [0.25, 0.3) is 0 Å². The molecule has 4 heteroatoms. The second-order valence-corrected chi connectivity index (χ2v) is 4.39. The smallest absolute Gasteiger partial charge is 0.224 e. The van der Waals surface area contributed by atoms with Crippen LogP contribution >= 0.6 is 0 Å². The van der Waals surface area contributed by atoms with Crippen LogP contribution in [0.1, 0.15) is 19.4 Å². The number of hydrogen-bond donors (Lipinski definition) is 2. The highest BCUT2D eigenvalue weighted by Crippen LogP contribution is 2.12. The highest BCUT2D eigenvalue weighted by atomic mass is 19.1. The van der Waals surface area contributed by atoms with Crippen molar-refractivity contribution < 1.29 is 9.18 Å². The summed E-state index contributed by atoms with van der Waals surface area (Å²) in [5.74, 6) is -0.789. The fourth-order valence-corrected chi connectivity index (χ4v) is 1.61. The van der Waals surface area contributed by atoms with Crippen molar-refractivity contribution in [2.75, 3.05) is 6.54 Å². The van der Waals surface area contributed by atoms with Crippen LogP contribution in [0.2, 0.25) is 0 Å². The minimum Gasteiger partial charge on any atom is -0.354 e. The highest BCUT2D eigenvalue weighted by Gasteiger charge is 2.19. The summed E-state index contributed by atoms with van der Waals surface area (Å²) in [6.45, 7) is 3.98. The van der Waals surface area contributed by atoms with Crippen molar-refractivity contribution in [3.8, 4) is 0 Å². The van der Waals surface area contributed by atoms with Crippen LogP contribution in [-0.2, 0) is 11.2 Å². The quantitative estimate of drug-likeness (QED) is 0.816. The first kappa shape index (κ1) is 13.6. The molecule has 1 aromatic carbocycles. The molecule has 0 aliphatic heterocycles. The van der Waals surface area contributed by atoms with Gasteiger partial charge in [-0.3, -0.25) is 4.79 Å². The lowest BCUT2D eigenvalue weighted by Crippen LogP contribution is -2.39. The number of rotatable bonds is 5. The number of amides is 1. The Labute approximate surface area is 101 Å². The fourth-order valence-electron chi connectivity index (χ4n) is 1.61. The van der Waals surface area contributed by atoms with Gasteiger partial charge in [0.2, 0.25) is 5.91 Å². The maximum Gasteiger partial charge on any atom is 0.224 e. The van der Waals surface area contributed by atoms with Crippen molar-refractivity contribution in [2.45, 2.75) is 26.3 Å². The van der Waals surface area contributed by atoms with Crippen LogP contribution in [0.15, 0.2) is 24.3 Å². The predicted molar refractivity (Wildman–Crippen MR) is 65.9 cm³/mol. The lowest BCUT2D eigenvalue weighted by atomic mass is 9.98. The van der Waals surface area contributed by atoms with E-state index in [0.29, 0.717) is 12.0 Å². The average Bonchev–Trinajstić information content (AvgIpc) is 2.27. The van der Waals surface area contributed by atoms with E-state index in [1.165, 1.54) is 6.07 Å². The van der Waals surface area contributed by atoms with E-state index in [0.717, 1.165) is 0 Å². The SMILES string of the molecule is CC(C)NC(=O)C(CN)Cc1ccccc1F. The molecule has 0 fully saturated rings. The van der Waals surface area contributed by atoms with E-state index in [1.807, 2.05) is 13.8 Å². The van der Waals surface area contributed by atoms with Gasteiger partial charge in [0.05, 0.1) is 5.92 Å². The summed E-state index contributed by atoms with van der Waals surface area (Å²) in [4.78, 5) is 11.8. The number of carbonyl (C=O) groups is 1. The molecule has 1 rings (SSSR count).